The number of hydrogen-bond acceptors (Lipinski definition) is 4. The number of nitrogens with zero attached hydrogens (tertiary/aromatic N) is 1. The van der Waals surface area contributed by atoms with E-state index in [1.165, 1.54) is 0 Å². The van der Waals surface area contributed by atoms with E-state index in [0.717, 1.165) is 30.0 Å². The molecule has 0 saturated carbocycles. The molecule has 0 fully saturated rings. The number of halogens is 1. The van der Waals surface area contributed by atoms with Crippen LogP contribution in [0.5, 0.6) is 0 Å². The Hall–Kier alpha value is -2.45. The van der Waals surface area contributed by atoms with Crippen LogP contribution in [0.1, 0.15) is 10.4 Å². The van der Waals surface area contributed by atoms with Crippen LogP contribution >= 0.6 is 0 Å². The van der Waals surface area contributed by atoms with Crippen LogP contribution in [-0.4, -0.2) is 28.4 Å². The highest BCUT2D eigenvalue weighted by atomic mass is 32.2. The predicted molar refractivity (Wildman–Crippen MR) is 85.0 cm³/mol. The molecule has 0 heterocycles. The summed E-state index contributed by atoms with van der Waals surface area (Å²) in [5.41, 5.74) is 3.33. The van der Waals surface area contributed by atoms with Crippen LogP contribution in [0.2, 0.25) is 0 Å². The van der Waals surface area contributed by atoms with Gasteiger partial charge in [0.2, 0.25) is 0 Å². The van der Waals surface area contributed by atoms with E-state index >= 15 is 0 Å². The molecule has 122 valence electrons. The van der Waals surface area contributed by atoms with Crippen molar-refractivity contribution in [2.75, 3.05) is 19.0 Å². The quantitative estimate of drug-likeness (QED) is 0.811. The van der Waals surface area contributed by atoms with Crippen LogP contribution in [0.3, 0.4) is 0 Å². The third-order valence-corrected chi connectivity index (χ3v) is 4.33. The van der Waals surface area contributed by atoms with Crippen molar-refractivity contribution in [3.05, 3.63) is 59.9 Å². The number of carbonyl (C=O) groups excluding carboxylic acids is 1. The van der Waals surface area contributed by atoms with E-state index in [2.05, 4.69) is 5.43 Å². The van der Waals surface area contributed by atoms with Crippen molar-refractivity contribution < 1.29 is 17.6 Å². The topological polar surface area (TPSA) is 78.5 Å². The largest absolute Gasteiger partial charge is 0.378 e. The molecular formula is C15H16FN3O3S. The average Bonchev–Trinajstić information content (AvgIpc) is 2.53. The molecule has 23 heavy (non-hydrogen) atoms. The molecule has 0 aliphatic carbocycles. The van der Waals surface area contributed by atoms with Crippen LogP contribution in [-0.2, 0) is 10.0 Å². The molecule has 2 aromatic rings. The van der Waals surface area contributed by atoms with Gasteiger partial charge in [0.1, 0.15) is 5.82 Å². The van der Waals surface area contributed by atoms with Crippen molar-refractivity contribution >= 4 is 21.6 Å². The molecule has 2 aromatic carbocycles. The molecule has 0 aliphatic heterocycles. The van der Waals surface area contributed by atoms with Crippen molar-refractivity contribution in [1.82, 2.24) is 10.3 Å². The van der Waals surface area contributed by atoms with Gasteiger partial charge in [0.05, 0.1) is 4.90 Å². The van der Waals surface area contributed by atoms with Gasteiger partial charge in [-0.1, -0.05) is 0 Å². The van der Waals surface area contributed by atoms with E-state index in [0.29, 0.717) is 5.56 Å². The third-order valence-electron chi connectivity index (χ3n) is 3.07. The fraction of sp³-hybridized carbons (Fsp3) is 0.133. The van der Waals surface area contributed by atoms with Crippen LogP contribution in [0.4, 0.5) is 10.1 Å². The summed E-state index contributed by atoms with van der Waals surface area (Å²) in [5, 5.41) is 0. The molecule has 8 heteroatoms. The maximum Gasteiger partial charge on any atom is 0.266 e. The lowest BCUT2D eigenvalue weighted by Crippen LogP contribution is -2.41. The Bertz CT molecular complexity index is 788. The number of amides is 1. The second-order valence-electron chi connectivity index (χ2n) is 4.95. The maximum atomic E-state index is 12.8. The van der Waals surface area contributed by atoms with Crippen LogP contribution in [0.25, 0.3) is 0 Å². The molecule has 6 nitrogen and oxygen atoms in total. The minimum atomic E-state index is -3.96. The van der Waals surface area contributed by atoms with Crippen LogP contribution in [0.15, 0.2) is 53.4 Å². The number of nitrogens with one attached hydrogen (secondary N) is 2. The summed E-state index contributed by atoms with van der Waals surface area (Å²) in [4.78, 5) is 15.6. The molecule has 0 saturated heterocycles. The Morgan fingerprint density at radius 1 is 1.00 bits per heavy atom. The first kappa shape index (κ1) is 16.9. The first-order valence-corrected chi connectivity index (χ1v) is 8.13. The van der Waals surface area contributed by atoms with E-state index in [1.54, 1.807) is 24.3 Å². The van der Waals surface area contributed by atoms with Gasteiger partial charge in [0.15, 0.2) is 0 Å². The Kier molecular flexibility index (Phi) is 4.97. The van der Waals surface area contributed by atoms with Crippen LogP contribution in [0, 0.1) is 5.82 Å². The fourth-order valence-corrected chi connectivity index (χ4v) is 2.61. The Labute approximate surface area is 134 Å². The summed E-state index contributed by atoms with van der Waals surface area (Å²) >= 11 is 0. The third kappa shape index (κ3) is 4.27. The Balaban J connectivity index is 2.04. The van der Waals surface area contributed by atoms with Gasteiger partial charge in [0, 0.05) is 25.3 Å². The zero-order valence-corrected chi connectivity index (χ0v) is 13.4. The van der Waals surface area contributed by atoms with Crippen molar-refractivity contribution in [3.8, 4) is 0 Å². The summed E-state index contributed by atoms with van der Waals surface area (Å²) in [7, 11) is -0.225. The average molecular weight is 337 g/mol. The van der Waals surface area contributed by atoms with Crippen molar-refractivity contribution in [2.45, 2.75) is 4.90 Å². The summed E-state index contributed by atoms with van der Waals surface area (Å²) in [6.45, 7) is 0. The zero-order chi connectivity index (χ0) is 17.0. The maximum absolute atomic E-state index is 12.8. The number of sulfonamides is 1. The van der Waals surface area contributed by atoms with Crippen LogP contribution < -0.4 is 15.2 Å². The molecular weight excluding hydrogens is 321 g/mol. The van der Waals surface area contributed by atoms with Gasteiger partial charge in [-0.05, 0) is 48.5 Å². The molecule has 1 amide bonds. The first-order chi connectivity index (χ1) is 10.8. The lowest BCUT2D eigenvalue weighted by Gasteiger charge is -2.13. The summed E-state index contributed by atoms with van der Waals surface area (Å²) in [6, 6.07) is 10.9. The van der Waals surface area contributed by atoms with Gasteiger partial charge in [-0.3, -0.25) is 10.2 Å². The van der Waals surface area contributed by atoms with Gasteiger partial charge in [-0.15, -0.1) is 4.83 Å². The Morgan fingerprint density at radius 2 is 1.57 bits per heavy atom. The van der Waals surface area contributed by atoms with Gasteiger partial charge in [0.25, 0.3) is 15.9 Å². The number of hydrazine groups is 1. The number of rotatable bonds is 5. The van der Waals surface area contributed by atoms with Crippen molar-refractivity contribution in [1.29, 1.82) is 0 Å². The first-order valence-electron chi connectivity index (χ1n) is 6.65. The lowest BCUT2D eigenvalue weighted by atomic mass is 10.2. The van der Waals surface area contributed by atoms with E-state index < -0.39 is 21.7 Å². The molecule has 0 aromatic heterocycles. The Morgan fingerprint density at radius 3 is 2.09 bits per heavy atom. The normalized spacial score (nSPS) is 11.1. The predicted octanol–water partition coefficient (Wildman–Crippen LogP) is 1.51. The zero-order valence-electron chi connectivity index (χ0n) is 12.6. The smallest absolute Gasteiger partial charge is 0.266 e. The standard InChI is InChI=1S/C15H16FN3O3S/c1-19(2)13-7-3-11(4-8-13)15(20)17-18-23(21,22)14-9-5-12(16)6-10-14/h3-10,18H,1-2H3,(H,17,20). The number of hydrogen-bond donors (Lipinski definition) is 2. The van der Waals surface area contributed by atoms with E-state index in [4.69, 9.17) is 0 Å². The fourth-order valence-electron chi connectivity index (χ4n) is 1.77. The van der Waals surface area contributed by atoms with Crippen molar-refractivity contribution in [3.63, 3.8) is 0 Å². The highest BCUT2D eigenvalue weighted by Crippen LogP contribution is 2.12. The molecule has 2 rings (SSSR count). The number of anilines is 1. The van der Waals surface area contributed by atoms with Gasteiger partial charge in [-0.2, -0.15) is 0 Å². The monoisotopic (exact) mass is 337 g/mol. The molecule has 0 radical (unpaired) electrons. The van der Waals surface area contributed by atoms with E-state index in [9.17, 15) is 17.6 Å². The SMILES string of the molecule is CN(C)c1ccc(C(=O)NNS(=O)(=O)c2ccc(F)cc2)cc1. The molecule has 0 spiro atoms. The second kappa shape index (κ2) is 6.76. The minimum Gasteiger partial charge on any atom is -0.378 e. The highest BCUT2D eigenvalue weighted by Gasteiger charge is 2.15. The summed E-state index contributed by atoms with van der Waals surface area (Å²) in [5.74, 6) is -1.14. The number of carbonyl (C=O) groups is 1. The van der Waals surface area contributed by atoms with Gasteiger partial charge < -0.3 is 4.90 Å². The minimum absolute atomic E-state index is 0.151. The van der Waals surface area contributed by atoms with Gasteiger partial charge in [-0.25, -0.2) is 12.8 Å². The van der Waals surface area contributed by atoms with E-state index in [1.807, 2.05) is 23.8 Å². The molecule has 0 aliphatic rings. The van der Waals surface area contributed by atoms with E-state index in [-0.39, 0.29) is 4.90 Å². The number of benzene rings is 2. The van der Waals surface area contributed by atoms with Crippen molar-refractivity contribution in [2.24, 2.45) is 0 Å². The second-order valence-corrected chi connectivity index (χ2v) is 6.64. The molecule has 0 bridgehead atoms. The highest BCUT2D eigenvalue weighted by molar-refractivity contribution is 7.89. The van der Waals surface area contributed by atoms with Gasteiger partial charge >= 0.3 is 0 Å². The lowest BCUT2D eigenvalue weighted by molar-refractivity contribution is 0.0945. The summed E-state index contributed by atoms with van der Waals surface area (Å²) in [6.07, 6.45) is 0. The molecule has 0 unspecified atom stereocenters. The summed E-state index contributed by atoms with van der Waals surface area (Å²) < 4.78 is 36.7. The molecule has 0 atom stereocenters. The molecule has 2 N–H and O–H groups in total.